The Kier molecular flexibility index (Phi) is 5.10. The van der Waals surface area contributed by atoms with Gasteiger partial charge in [0.2, 0.25) is 15.9 Å². The van der Waals surface area contributed by atoms with E-state index in [2.05, 4.69) is 4.98 Å². The lowest BCUT2D eigenvalue weighted by Gasteiger charge is -2.19. The molecule has 0 bridgehead atoms. The second kappa shape index (κ2) is 7.28. The highest BCUT2D eigenvalue weighted by Crippen LogP contribution is 2.32. The van der Waals surface area contributed by atoms with Gasteiger partial charge in [-0.05, 0) is 24.6 Å². The maximum atomic E-state index is 12.9. The molecule has 3 rings (SSSR count). The Morgan fingerprint density at radius 2 is 2.00 bits per heavy atom. The van der Waals surface area contributed by atoms with E-state index in [-0.39, 0.29) is 23.3 Å². The molecule has 1 aromatic heterocycles. The van der Waals surface area contributed by atoms with Gasteiger partial charge in [0.25, 0.3) is 0 Å². The van der Waals surface area contributed by atoms with Crippen molar-refractivity contribution in [2.45, 2.75) is 17.4 Å². The number of pyridine rings is 1. The lowest BCUT2D eigenvalue weighted by atomic mass is 10.3. The topological polar surface area (TPSA) is 78.0 Å². The number of hydrogen-bond donors (Lipinski definition) is 0. The van der Waals surface area contributed by atoms with E-state index in [9.17, 15) is 8.42 Å². The second-order valence-corrected chi connectivity index (χ2v) is 7.48. The van der Waals surface area contributed by atoms with Crippen LogP contribution in [0.2, 0.25) is 0 Å². The summed E-state index contributed by atoms with van der Waals surface area (Å²) in [5.41, 5.74) is 0. The fraction of sp³-hybridized carbons (Fsp3) is 0.353. The quantitative estimate of drug-likeness (QED) is 0.780. The first-order chi connectivity index (χ1) is 12.0. The highest BCUT2D eigenvalue weighted by Gasteiger charge is 2.35. The SMILES string of the molecule is COc1ccc(S(=O)(=O)N2CCC(Oc3ccccn3)C2)c(OC)c1. The molecule has 1 saturated heterocycles. The second-order valence-electron chi connectivity index (χ2n) is 5.58. The number of sulfonamides is 1. The van der Waals surface area contributed by atoms with Crippen LogP contribution >= 0.6 is 0 Å². The highest BCUT2D eigenvalue weighted by atomic mass is 32.2. The Morgan fingerprint density at radius 3 is 2.68 bits per heavy atom. The Bertz CT molecular complexity index is 826. The third-order valence-electron chi connectivity index (χ3n) is 4.02. The van der Waals surface area contributed by atoms with E-state index < -0.39 is 10.0 Å². The van der Waals surface area contributed by atoms with Crippen LogP contribution in [0.1, 0.15) is 6.42 Å². The van der Waals surface area contributed by atoms with E-state index in [0.717, 1.165) is 0 Å². The number of hydrogen-bond acceptors (Lipinski definition) is 6. The molecule has 0 N–H and O–H groups in total. The zero-order valence-electron chi connectivity index (χ0n) is 14.1. The predicted octanol–water partition coefficient (Wildman–Crippen LogP) is 1.94. The van der Waals surface area contributed by atoms with Crippen LogP contribution in [0.25, 0.3) is 0 Å². The molecule has 2 heterocycles. The number of nitrogens with zero attached hydrogens (tertiary/aromatic N) is 2. The lowest BCUT2D eigenvalue weighted by Crippen LogP contribution is -2.31. The molecule has 1 fully saturated rings. The smallest absolute Gasteiger partial charge is 0.246 e. The van der Waals surface area contributed by atoms with Crippen molar-refractivity contribution in [3.63, 3.8) is 0 Å². The summed E-state index contributed by atoms with van der Waals surface area (Å²) in [5, 5.41) is 0. The molecule has 0 aliphatic carbocycles. The van der Waals surface area contributed by atoms with Crippen LogP contribution in [0, 0.1) is 0 Å². The van der Waals surface area contributed by atoms with Gasteiger partial charge in [-0.15, -0.1) is 0 Å². The van der Waals surface area contributed by atoms with Crippen molar-refractivity contribution in [3.8, 4) is 17.4 Å². The van der Waals surface area contributed by atoms with E-state index in [4.69, 9.17) is 14.2 Å². The Hall–Kier alpha value is -2.32. The molecule has 0 radical (unpaired) electrons. The van der Waals surface area contributed by atoms with E-state index in [1.54, 1.807) is 30.5 Å². The molecule has 1 unspecified atom stereocenters. The average molecular weight is 364 g/mol. The van der Waals surface area contributed by atoms with Gasteiger partial charge in [-0.1, -0.05) is 6.07 Å². The van der Waals surface area contributed by atoms with E-state index >= 15 is 0 Å². The van der Waals surface area contributed by atoms with E-state index in [1.165, 1.54) is 24.6 Å². The third kappa shape index (κ3) is 3.69. The molecule has 7 nitrogen and oxygen atoms in total. The van der Waals surface area contributed by atoms with Crippen LogP contribution < -0.4 is 14.2 Å². The first-order valence-electron chi connectivity index (χ1n) is 7.84. The summed E-state index contributed by atoms with van der Waals surface area (Å²) in [6.45, 7) is 0.656. The molecule has 1 aromatic carbocycles. The van der Waals surface area contributed by atoms with Gasteiger partial charge in [-0.25, -0.2) is 13.4 Å². The molecular weight excluding hydrogens is 344 g/mol. The largest absolute Gasteiger partial charge is 0.497 e. The van der Waals surface area contributed by atoms with Crippen LogP contribution in [-0.2, 0) is 10.0 Å². The third-order valence-corrected chi connectivity index (χ3v) is 5.93. The van der Waals surface area contributed by atoms with Crippen molar-refractivity contribution in [1.82, 2.24) is 9.29 Å². The minimum atomic E-state index is -3.68. The highest BCUT2D eigenvalue weighted by molar-refractivity contribution is 7.89. The van der Waals surface area contributed by atoms with Gasteiger partial charge < -0.3 is 14.2 Å². The van der Waals surface area contributed by atoms with Gasteiger partial charge in [0, 0.05) is 24.9 Å². The van der Waals surface area contributed by atoms with Crippen LogP contribution in [0.4, 0.5) is 0 Å². The van der Waals surface area contributed by atoms with Crippen molar-refractivity contribution in [1.29, 1.82) is 0 Å². The normalized spacial score (nSPS) is 18.1. The van der Waals surface area contributed by atoms with Crippen molar-refractivity contribution in [3.05, 3.63) is 42.6 Å². The van der Waals surface area contributed by atoms with Gasteiger partial charge in [0.15, 0.2) is 0 Å². The molecule has 2 aromatic rings. The summed E-state index contributed by atoms with van der Waals surface area (Å²) in [4.78, 5) is 4.23. The Morgan fingerprint density at radius 1 is 1.16 bits per heavy atom. The zero-order valence-corrected chi connectivity index (χ0v) is 14.9. The number of rotatable bonds is 6. The van der Waals surface area contributed by atoms with Gasteiger partial charge in [0.05, 0.1) is 20.8 Å². The minimum Gasteiger partial charge on any atom is -0.497 e. The monoisotopic (exact) mass is 364 g/mol. The fourth-order valence-corrected chi connectivity index (χ4v) is 4.35. The molecule has 1 atom stereocenters. The van der Waals surface area contributed by atoms with Gasteiger partial charge in [-0.2, -0.15) is 4.31 Å². The fourth-order valence-electron chi connectivity index (χ4n) is 2.73. The summed E-state index contributed by atoms with van der Waals surface area (Å²) in [6, 6.07) is 10.0. The number of ether oxygens (including phenoxy) is 3. The van der Waals surface area contributed by atoms with Crippen LogP contribution in [-0.4, -0.2) is 51.1 Å². The maximum Gasteiger partial charge on any atom is 0.246 e. The molecule has 25 heavy (non-hydrogen) atoms. The molecule has 1 aliphatic heterocycles. The number of aromatic nitrogens is 1. The Labute approximate surface area is 147 Å². The predicted molar refractivity (Wildman–Crippen MR) is 91.6 cm³/mol. The number of methoxy groups -OCH3 is 2. The summed E-state index contributed by atoms with van der Waals surface area (Å²) in [7, 11) is -0.727. The lowest BCUT2D eigenvalue weighted by molar-refractivity contribution is 0.207. The van der Waals surface area contributed by atoms with Crippen LogP contribution in [0.15, 0.2) is 47.5 Å². The molecule has 0 amide bonds. The van der Waals surface area contributed by atoms with Crippen molar-refractivity contribution >= 4 is 10.0 Å². The summed E-state index contributed by atoms with van der Waals surface area (Å²) >= 11 is 0. The minimum absolute atomic E-state index is 0.120. The first-order valence-corrected chi connectivity index (χ1v) is 9.28. The summed E-state index contributed by atoms with van der Waals surface area (Å²) < 4.78 is 43.4. The summed E-state index contributed by atoms with van der Waals surface area (Å²) in [5.74, 6) is 1.29. The molecular formula is C17H20N2O5S. The van der Waals surface area contributed by atoms with Gasteiger partial charge in [0.1, 0.15) is 22.5 Å². The number of benzene rings is 1. The Balaban J connectivity index is 1.77. The molecule has 1 aliphatic rings. The maximum absolute atomic E-state index is 12.9. The van der Waals surface area contributed by atoms with Crippen molar-refractivity contribution in [2.75, 3.05) is 27.3 Å². The van der Waals surface area contributed by atoms with Gasteiger partial charge >= 0.3 is 0 Å². The van der Waals surface area contributed by atoms with Gasteiger partial charge in [-0.3, -0.25) is 0 Å². The zero-order chi connectivity index (χ0) is 17.9. The molecule has 8 heteroatoms. The standard InChI is InChI=1S/C17H20N2O5S/c1-22-13-6-7-16(15(11-13)23-2)25(20,21)19-10-8-14(12-19)24-17-5-3-4-9-18-17/h3-7,9,11,14H,8,10,12H2,1-2H3. The first kappa shape index (κ1) is 17.5. The molecule has 0 spiro atoms. The van der Waals surface area contributed by atoms with Crippen molar-refractivity contribution < 1.29 is 22.6 Å². The van der Waals surface area contributed by atoms with Crippen molar-refractivity contribution in [2.24, 2.45) is 0 Å². The van der Waals surface area contributed by atoms with E-state index in [0.29, 0.717) is 24.6 Å². The molecule has 0 saturated carbocycles. The van der Waals surface area contributed by atoms with Crippen LogP contribution in [0.5, 0.6) is 17.4 Å². The average Bonchev–Trinajstić information content (AvgIpc) is 3.11. The summed E-state index contributed by atoms with van der Waals surface area (Å²) in [6.07, 6.45) is 2.02. The van der Waals surface area contributed by atoms with Crippen LogP contribution in [0.3, 0.4) is 0 Å². The molecule has 134 valence electrons. The van der Waals surface area contributed by atoms with E-state index in [1.807, 2.05) is 6.07 Å².